The first-order valence-electron chi connectivity index (χ1n) is 8.91. The van der Waals surface area contributed by atoms with E-state index in [0.29, 0.717) is 11.4 Å². The van der Waals surface area contributed by atoms with Crippen molar-refractivity contribution in [2.24, 2.45) is 0 Å². The van der Waals surface area contributed by atoms with Gasteiger partial charge >= 0.3 is 0 Å². The number of carbonyl (C=O) groups excluding carboxylic acids is 2. The molecule has 1 atom stereocenters. The predicted octanol–water partition coefficient (Wildman–Crippen LogP) is 3.70. The number of nitriles is 2. The number of nitrogens with two attached hydrogens (primary N) is 1. The molecule has 0 spiro atoms. The Kier molecular flexibility index (Phi) is 5.67. The molecule has 1 unspecified atom stereocenters. The molecule has 4 rings (SSSR count). The van der Waals surface area contributed by atoms with Crippen molar-refractivity contribution in [3.63, 3.8) is 0 Å². The van der Waals surface area contributed by atoms with E-state index in [-0.39, 0.29) is 39.9 Å². The molecular weight excluding hydrogens is 529 g/mol. The molecule has 0 radical (unpaired) electrons. The van der Waals surface area contributed by atoms with Gasteiger partial charge < -0.3 is 10.2 Å². The fourth-order valence-electron chi connectivity index (χ4n) is 3.24. The van der Waals surface area contributed by atoms with Crippen molar-refractivity contribution in [2.75, 3.05) is 10.6 Å². The van der Waals surface area contributed by atoms with Crippen molar-refractivity contribution in [2.45, 2.75) is 16.7 Å². The van der Waals surface area contributed by atoms with Crippen LogP contribution in [0.25, 0.3) is 11.3 Å². The van der Waals surface area contributed by atoms with Crippen molar-refractivity contribution >= 4 is 57.7 Å². The van der Waals surface area contributed by atoms with Crippen LogP contribution < -0.4 is 10.6 Å². The second kappa shape index (κ2) is 8.41. The number of nitrogens with zero attached hydrogens (tertiary/aromatic N) is 4. The van der Waals surface area contributed by atoms with Crippen LogP contribution >= 0.6 is 34.4 Å². The van der Waals surface area contributed by atoms with Crippen LogP contribution in [0.2, 0.25) is 0 Å². The lowest BCUT2D eigenvalue weighted by Crippen LogP contribution is -2.31. The number of halogens is 1. The summed E-state index contributed by atoms with van der Waals surface area (Å²) in [6, 6.07) is 14.3. The largest absolute Gasteiger partial charge is 0.464 e. The highest BCUT2D eigenvalue weighted by Crippen LogP contribution is 2.40. The highest BCUT2D eigenvalue weighted by atomic mass is 127. The Morgan fingerprint density at radius 1 is 1.16 bits per heavy atom. The van der Waals surface area contributed by atoms with E-state index >= 15 is 0 Å². The van der Waals surface area contributed by atoms with Gasteiger partial charge in [-0.05, 0) is 59.0 Å². The zero-order valence-corrected chi connectivity index (χ0v) is 18.7. The number of benzene rings is 1. The Hall–Kier alpha value is -3.35. The number of imide groups is 1. The molecule has 1 fully saturated rings. The van der Waals surface area contributed by atoms with Gasteiger partial charge in [0.05, 0.1) is 28.3 Å². The van der Waals surface area contributed by atoms with Crippen molar-refractivity contribution in [3.05, 3.63) is 57.4 Å². The number of amides is 2. The number of carbonyl (C=O) groups is 2. The molecule has 31 heavy (non-hydrogen) atoms. The molecule has 3 heterocycles. The minimum atomic E-state index is -0.775. The summed E-state index contributed by atoms with van der Waals surface area (Å²) in [6.07, 6.45) is 1.37. The van der Waals surface area contributed by atoms with E-state index in [2.05, 4.69) is 27.6 Å². The lowest BCUT2D eigenvalue weighted by atomic mass is 10.0. The Labute approximate surface area is 194 Å². The van der Waals surface area contributed by atoms with Crippen LogP contribution in [0.4, 0.5) is 11.5 Å². The Bertz CT molecular complexity index is 1280. The molecule has 152 valence electrons. The number of pyridine rings is 1. The summed E-state index contributed by atoms with van der Waals surface area (Å²) in [5.41, 5.74) is 6.76. The zero-order valence-electron chi connectivity index (χ0n) is 15.7. The number of anilines is 2. The zero-order chi connectivity index (χ0) is 22.1. The third-order valence-electron chi connectivity index (χ3n) is 4.63. The molecule has 1 aromatic carbocycles. The molecule has 0 bridgehead atoms. The van der Waals surface area contributed by atoms with Crippen LogP contribution in [-0.4, -0.2) is 22.0 Å². The maximum Gasteiger partial charge on any atom is 0.247 e. The molecule has 0 saturated carbocycles. The molecule has 1 saturated heterocycles. The standard InChI is InChI=1S/C21H12IN5O3S/c22-11-3-5-12(6-4-11)27-17(28)8-16(21(27)29)31-20-14(10-24)18(15-2-1-7-30-15)13(9-23)19(25)26-20/h1-7,16H,8H2,(H2,25,26). The van der Waals surface area contributed by atoms with Crippen LogP contribution in [0.1, 0.15) is 17.5 Å². The maximum atomic E-state index is 13.0. The molecule has 3 aromatic rings. The van der Waals surface area contributed by atoms with Gasteiger partial charge in [0.1, 0.15) is 34.3 Å². The number of hydrogen-bond donors (Lipinski definition) is 1. The second-order valence-electron chi connectivity index (χ2n) is 6.48. The third-order valence-corrected chi connectivity index (χ3v) is 6.52. The topological polar surface area (TPSA) is 137 Å². The second-order valence-corrected chi connectivity index (χ2v) is 8.92. The molecular formula is C21H12IN5O3S. The normalized spacial score (nSPS) is 15.7. The maximum absolute atomic E-state index is 13.0. The number of furan rings is 1. The number of thioether (sulfide) groups is 1. The van der Waals surface area contributed by atoms with Crippen LogP contribution in [0.15, 0.2) is 52.1 Å². The average Bonchev–Trinajstić information content (AvgIpc) is 3.37. The van der Waals surface area contributed by atoms with Gasteiger partial charge in [0.15, 0.2) is 0 Å². The summed E-state index contributed by atoms with van der Waals surface area (Å²) in [4.78, 5) is 30.9. The summed E-state index contributed by atoms with van der Waals surface area (Å²) in [6.45, 7) is 0. The van der Waals surface area contributed by atoms with Crippen LogP contribution in [0.5, 0.6) is 0 Å². The van der Waals surface area contributed by atoms with E-state index < -0.39 is 11.2 Å². The SMILES string of the molecule is N#Cc1c(N)nc(SC2CC(=O)N(c3ccc(I)cc3)C2=O)c(C#N)c1-c1ccco1. The van der Waals surface area contributed by atoms with E-state index in [1.165, 1.54) is 6.26 Å². The Morgan fingerprint density at radius 3 is 2.48 bits per heavy atom. The fourth-order valence-corrected chi connectivity index (χ4v) is 4.72. The van der Waals surface area contributed by atoms with Crippen molar-refractivity contribution in [1.29, 1.82) is 10.5 Å². The molecule has 10 heteroatoms. The van der Waals surface area contributed by atoms with Crippen molar-refractivity contribution < 1.29 is 14.0 Å². The van der Waals surface area contributed by atoms with Crippen LogP contribution in [-0.2, 0) is 9.59 Å². The van der Waals surface area contributed by atoms with Crippen molar-refractivity contribution in [3.8, 4) is 23.5 Å². The summed E-state index contributed by atoms with van der Waals surface area (Å²) in [5.74, 6) is -0.528. The highest BCUT2D eigenvalue weighted by Gasteiger charge is 2.41. The van der Waals surface area contributed by atoms with Crippen molar-refractivity contribution in [1.82, 2.24) is 4.98 Å². The molecule has 2 N–H and O–H groups in total. The first kappa shape index (κ1) is 20.9. The number of aromatic nitrogens is 1. The van der Waals surface area contributed by atoms with Crippen LogP contribution in [0, 0.1) is 26.2 Å². The average molecular weight is 541 g/mol. The van der Waals surface area contributed by atoms with Gasteiger partial charge in [-0.15, -0.1) is 0 Å². The number of hydrogen-bond acceptors (Lipinski definition) is 8. The van der Waals surface area contributed by atoms with Gasteiger partial charge in [0, 0.05) is 9.99 Å². The molecule has 8 nitrogen and oxygen atoms in total. The fraction of sp³-hybridized carbons (Fsp3) is 0.0952. The first-order valence-corrected chi connectivity index (χ1v) is 10.9. The summed E-state index contributed by atoms with van der Waals surface area (Å²) < 4.78 is 6.36. The molecule has 1 aliphatic heterocycles. The monoisotopic (exact) mass is 541 g/mol. The van der Waals surface area contributed by atoms with E-state index in [4.69, 9.17) is 10.2 Å². The van der Waals surface area contributed by atoms with Gasteiger partial charge in [0.25, 0.3) is 0 Å². The number of rotatable bonds is 4. The van der Waals surface area contributed by atoms with Gasteiger partial charge in [-0.2, -0.15) is 10.5 Å². The van der Waals surface area contributed by atoms with E-state index in [1.54, 1.807) is 24.3 Å². The van der Waals surface area contributed by atoms with E-state index in [1.807, 2.05) is 24.3 Å². The summed E-state index contributed by atoms with van der Waals surface area (Å²) in [5, 5.41) is 18.7. The minimum absolute atomic E-state index is 0.0187. The Balaban J connectivity index is 1.73. The molecule has 2 aromatic heterocycles. The quantitative estimate of drug-likeness (QED) is 0.390. The lowest BCUT2D eigenvalue weighted by Gasteiger charge is -2.16. The van der Waals surface area contributed by atoms with Gasteiger partial charge in [-0.3, -0.25) is 9.59 Å². The highest BCUT2D eigenvalue weighted by molar-refractivity contribution is 14.1. The summed E-state index contributed by atoms with van der Waals surface area (Å²) in [7, 11) is 0. The molecule has 1 aliphatic rings. The van der Waals surface area contributed by atoms with E-state index in [9.17, 15) is 20.1 Å². The van der Waals surface area contributed by atoms with Gasteiger partial charge in [-0.1, -0.05) is 11.8 Å². The smallest absolute Gasteiger partial charge is 0.247 e. The van der Waals surface area contributed by atoms with Gasteiger partial charge in [0.2, 0.25) is 11.8 Å². The predicted molar refractivity (Wildman–Crippen MR) is 122 cm³/mol. The molecule has 2 amide bonds. The Morgan fingerprint density at radius 2 is 1.87 bits per heavy atom. The lowest BCUT2D eigenvalue weighted by molar-refractivity contribution is -0.121. The van der Waals surface area contributed by atoms with Crippen LogP contribution in [0.3, 0.4) is 0 Å². The summed E-state index contributed by atoms with van der Waals surface area (Å²) >= 11 is 3.12. The van der Waals surface area contributed by atoms with Gasteiger partial charge in [-0.25, -0.2) is 9.88 Å². The molecule has 0 aliphatic carbocycles. The number of nitrogen functional groups attached to an aromatic ring is 1. The minimum Gasteiger partial charge on any atom is -0.464 e. The first-order chi connectivity index (χ1) is 14.9. The third kappa shape index (κ3) is 3.76. The van der Waals surface area contributed by atoms with E-state index in [0.717, 1.165) is 20.2 Å².